The van der Waals surface area contributed by atoms with E-state index in [0.717, 1.165) is 11.4 Å². The second-order valence-corrected chi connectivity index (χ2v) is 14.0. The minimum absolute atomic E-state index is 0.0437. The number of hydrogen-bond acceptors (Lipinski definition) is 1. The third-order valence-electron chi connectivity index (χ3n) is 10.1. The summed E-state index contributed by atoms with van der Waals surface area (Å²) in [6.45, 7) is 9.10. The van der Waals surface area contributed by atoms with E-state index in [-0.39, 0.29) is 5.41 Å². The molecule has 0 bridgehead atoms. The van der Waals surface area contributed by atoms with E-state index < -0.39 is 0 Å². The third kappa shape index (κ3) is 4.22. The lowest BCUT2D eigenvalue weighted by Crippen LogP contribution is -2.11. The number of rotatable bonds is 3. The van der Waals surface area contributed by atoms with Crippen LogP contribution in [0.5, 0.6) is 0 Å². The fourth-order valence-electron chi connectivity index (χ4n) is 8.01. The smallest absolute Gasteiger partial charge is 0.0716 e. The molecule has 9 aromatic rings. The zero-order valence-corrected chi connectivity index (χ0v) is 27.8. The predicted octanol–water partition coefficient (Wildman–Crippen LogP) is 12.6. The van der Waals surface area contributed by atoms with Gasteiger partial charge in [-0.1, -0.05) is 136 Å². The topological polar surface area (TPSA) is 17.8 Å². The van der Waals surface area contributed by atoms with Crippen molar-refractivity contribution in [2.24, 2.45) is 0 Å². The summed E-state index contributed by atoms with van der Waals surface area (Å²) in [6, 6.07) is 51.0. The molecule has 2 heteroatoms. The van der Waals surface area contributed by atoms with E-state index in [1.165, 1.54) is 81.9 Å². The second kappa shape index (κ2) is 10.7. The van der Waals surface area contributed by atoms with Crippen molar-refractivity contribution in [2.75, 3.05) is 0 Å². The summed E-state index contributed by atoms with van der Waals surface area (Å²) < 4.78 is 2.35. The summed E-state index contributed by atoms with van der Waals surface area (Å²) >= 11 is 0. The molecule has 0 saturated carbocycles. The molecule has 7 aromatic carbocycles. The van der Waals surface area contributed by atoms with E-state index in [1.54, 1.807) is 0 Å². The van der Waals surface area contributed by atoms with Crippen LogP contribution in [0.2, 0.25) is 0 Å². The molecule has 0 fully saturated rings. The molecule has 48 heavy (non-hydrogen) atoms. The summed E-state index contributed by atoms with van der Waals surface area (Å²) in [5.74, 6) is 0. The Morgan fingerprint density at radius 1 is 0.479 bits per heavy atom. The van der Waals surface area contributed by atoms with Crippen molar-refractivity contribution < 1.29 is 0 Å². The Bertz CT molecular complexity index is 2650. The normalized spacial score (nSPS) is 12.2. The van der Waals surface area contributed by atoms with Gasteiger partial charge in [-0.05, 0) is 91.2 Å². The molecular formula is C46H36N2. The van der Waals surface area contributed by atoms with Crippen LogP contribution in [0.25, 0.3) is 82.2 Å². The van der Waals surface area contributed by atoms with Crippen LogP contribution in [-0.2, 0) is 5.41 Å². The zero-order chi connectivity index (χ0) is 32.6. The van der Waals surface area contributed by atoms with Gasteiger partial charge in [0.15, 0.2) is 0 Å². The summed E-state index contributed by atoms with van der Waals surface area (Å²) in [4.78, 5) is 5.21. The Kier molecular flexibility index (Phi) is 6.32. The number of benzene rings is 7. The van der Waals surface area contributed by atoms with E-state index in [0.29, 0.717) is 0 Å². The summed E-state index contributed by atoms with van der Waals surface area (Å²) in [6.07, 6.45) is 2.04. The van der Waals surface area contributed by atoms with Gasteiger partial charge in [0.1, 0.15) is 0 Å². The van der Waals surface area contributed by atoms with Crippen molar-refractivity contribution in [3.63, 3.8) is 0 Å². The molecule has 0 N–H and O–H groups in total. The average molecular weight is 617 g/mol. The number of fused-ring (bicyclic) bond motifs is 6. The molecule has 0 saturated heterocycles. The molecule has 230 valence electrons. The maximum atomic E-state index is 5.21. The number of aryl methyl sites for hydroxylation is 1. The van der Waals surface area contributed by atoms with E-state index in [2.05, 4.69) is 172 Å². The summed E-state index contributed by atoms with van der Waals surface area (Å²) in [5, 5.41) is 10.1. The Labute approximate surface area is 280 Å². The van der Waals surface area contributed by atoms with Gasteiger partial charge in [-0.2, -0.15) is 0 Å². The molecule has 0 atom stereocenters. The lowest BCUT2D eigenvalue weighted by molar-refractivity contribution is 0.596. The molecule has 0 radical (unpaired) electrons. The highest BCUT2D eigenvalue weighted by Gasteiger charge is 2.22. The van der Waals surface area contributed by atoms with Gasteiger partial charge in [0, 0.05) is 16.3 Å². The summed E-state index contributed by atoms with van der Waals surface area (Å²) in [7, 11) is 0. The van der Waals surface area contributed by atoms with Crippen LogP contribution < -0.4 is 0 Å². The molecule has 2 heterocycles. The first-order chi connectivity index (χ1) is 23.4. The van der Waals surface area contributed by atoms with Gasteiger partial charge in [-0.3, -0.25) is 4.98 Å². The molecule has 2 aromatic heterocycles. The Morgan fingerprint density at radius 2 is 1.04 bits per heavy atom. The maximum absolute atomic E-state index is 5.21. The number of hydrogen-bond donors (Lipinski definition) is 0. The van der Waals surface area contributed by atoms with Crippen LogP contribution in [0.15, 0.2) is 146 Å². The highest BCUT2D eigenvalue weighted by Crippen LogP contribution is 2.46. The molecule has 2 nitrogen and oxygen atoms in total. The largest absolute Gasteiger partial charge is 0.308 e. The first-order valence-corrected chi connectivity index (χ1v) is 16.8. The standard InChI is InChI=1S/C46H36N2/c1-29-14-13-23-42-43(29)38-21-11-12-22-41(38)48(42)30-24-27-40(47-28-30)45-35-19-9-7-17-33(35)44(34-18-8-10-20-36(34)45)37-25-26-39(46(2,3)4)32-16-6-5-15-31(32)37/h5-28H,1-4H3. The Hall–Kier alpha value is -5.73. The second-order valence-electron chi connectivity index (χ2n) is 14.0. The van der Waals surface area contributed by atoms with Crippen molar-refractivity contribution in [2.45, 2.75) is 33.1 Å². The Balaban J connectivity index is 1.29. The third-order valence-corrected chi connectivity index (χ3v) is 10.1. The minimum Gasteiger partial charge on any atom is -0.308 e. The van der Waals surface area contributed by atoms with Gasteiger partial charge in [0.2, 0.25) is 0 Å². The van der Waals surface area contributed by atoms with Gasteiger partial charge < -0.3 is 4.57 Å². The fraction of sp³-hybridized carbons (Fsp3) is 0.109. The van der Waals surface area contributed by atoms with Crippen molar-refractivity contribution >= 4 is 54.1 Å². The number of para-hydroxylation sites is 1. The predicted molar refractivity (Wildman–Crippen MR) is 205 cm³/mol. The number of pyridine rings is 1. The van der Waals surface area contributed by atoms with Crippen LogP contribution in [0, 0.1) is 6.92 Å². The van der Waals surface area contributed by atoms with Crippen LogP contribution >= 0.6 is 0 Å². The first-order valence-electron chi connectivity index (χ1n) is 16.8. The van der Waals surface area contributed by atoms with Gasteiger partial charge >= 0.3 is 0 Å². The number of nitrogens with zero attached hydrogens (tertiary/aromatic N) is 2. The minimum atomic E-state index is 0.0437. The quantitative estimate of drug-likeness (QED) is 0.181. The molecule has 0 amide bonds. The zero-order valence-electron chi connectivity index (χ0n) is 27.8. The van der Waals surface area contributed by atoms with E-state index in [4.69, 9.17) is 4.98 Å². The molecule has 9 rings (SSSR count). The average Bonchev–Trinajstić information content (AvgIpc) is 3.45. The monoisotopic (exact) mass is 616 g/mol. The number of aromatic nitrogens is 2. The molecule has 0 spiro atoms. The van der Waals surface area contributed by atoms with Crippen molar-refractivity contribution in [3.8, 4) is 28.1 Å². The molecule has 0 unspecified atom stereocenters. The highest BCUT2D eigenvalue weighted by atomic mass is 15.0. The van der Waals surface area contributed by atoms with E-state index in [1.807, 2.05) is 6.20 Å². The lowest BCUT2D eigenvalue weighted by Gasteiger charge is -2.24. The lowest BCUT2D eigenvalue weighted by atomic mass is 9.80. The van der Waals surface area contributed by atoms with Crippen LogP contribution in [0.4, 0.5) is 0 Å². The van der Waals surface area contributed by atoms with Gasteiger partial charge in [-0.15, -0.1) is 0 Å². The van der Waals surface area contributed by atoms with Crippen molar-refractivity contribution in [3.05, 3.63) is 157 Å². The summed E-state index contributed by atoms with van der Waals surface area (Å²) in [5.41, 5.74) is 10.8. The first kappa shape index (κ1) is 28.5. The SMILES string of the molecule is Cc1cccc2c1c1ccccc1n2-c1ccc(-c2c3ccccc3c(-c3ccc(C(C)(C)C)c4ccccc34)c3ccccc23)nc1. The van der Waals surface area contributed by atoms with Crippen molar-refractivity contribution in [1.29, 1.82) is 0 Å². The van der Waals surface area contributed by atoms with Crippen LogP contribution in [0.1, 0.15) is 31.9 Å². The molecule has 0 aliphatic heterocycles. The van der Waals surface area contributed by atoms with Crippen LogP contribution in [-0.4, -0.2) is 9.55 Å². The highest BCUT2D eigenvalue weighted by molar-refractivity contribution is 6.23. The van der Waals surface area contributed by atoms with Gasteiger partial charge in [-0.25, -0.2) is 0 Å². The van der Waals surface area contributed by atoms with Gasteiger partial charge in [0.25, 0.3) is 0 Å². The molecule has 0 aliphatic rings. The van der Waals surface area contributed by atoms with Gasteiger partial charge in [0.05, 0.1) is 28.6 Å². The van der Waals surface area contributed by atoms with E-state index >= 15 is 0 Å². The molecule has 0 aliphatic carbocycles. The maximum Gasteiger partial charge on any atom is 0.0716 e. The fourth-order valence-corrected chi connectivity index (χ4v) is 8.01. The molecular weight excluding hydrogens is 581 g/mol. The van der Waals surface area contributed by atoms with E-state index in [9.17, 15) is 0 Å². The van der Waals surface area contributed by atoms with Crippen molar-refractivity contribution in [1.82, 2.24) is 9.55 Å². The van der Waals surface area contributed by atoms with Crippen LogP contribution in [0.3, 0.4) is 0 Å². The Morgan fingerprint density at radius 3 is 1.67 bits per heavy atom.